The Morgan fingerprint density at radius 1 is 1.18 bits per heavy atom. The van der Waals surface area contributed by atoms with Gasteiger partial charge in [0.15, 0.2) is 6.61 Å². The molecule has 1 N–H and O–H groups in total. The number of benzene rings is 2. The fourth-order valence-electron chi connectivity index (χ4n) is 1.93. The smallest absolute Gasteiger partial charge is 0.277 e. The quantitative estimate of drug-likeness (QED) is 0.654. The predicted octanol–water partition coefficient (Wildman–Crippen LogP) is 3.60. The minimum absolute atomic E-state index is 0.0689. The molecule has 0 unspecified atom stereocenters. The first-order valence-corrected chi connectivity index (χ1v) is 7.61. The summed E-state index contributed by atoms with van der Waals surface area (Å²) in [6.07, 6.45) is 1.58. The third-order valence-corrected chi connectivity index (χ3v) is 3.37. The van der Waals surface area contributed by atoms with Gasteiger partial charge >= 0.3 is 0 Å². The highest BCUT2D eigenvalue weighted by molar-refractivity contribution is 9.10. The van der Waals surface area contributed by atoms with Crippen LogP contribution in [-0.4, -0.2) is 18.7 Å². The molecule has 114 valence electrons. The number of hydrazone groups is 1. The summed E-state index contributed by atoms with van der Waals surface area (Å²) in [5.74, 6) is 0.386. The van der Waals surface area contributed by atoms with Crippen LogP contribution in [-0.2, 0) is 4.79 Å². The Kier molecular flexibility index (Phi) is 5.72. The molecule has 1 amide bonds. The maximum atomic E-state index is 11.7. The SMILES string of the molecule is Cc1cc(C)cc(OCC(=O)N/N=C\c2ccc(Br)cc2)c1. The lowest BCUT2D eigenvalue weighted by Crippen LogP contribution is -2.24. The minimum Gasteiger partial charge on any atom is -0.484 e. The molecule has 0 aliphatic rings. The number of rotatable bonds is 5. The van der Waals surface area contributed by atoms with Crippen LogP contribution < -0.4 is 10.2 Å². The Morgan fingerprint density at radius 2 is 1.82 bits per heavy atom. The molecule has 0 heterocycles. The van der Waals surface area contributed by atoms with Crippen molar-refractivity contribution in [3.63, 3.8) is 0 Å². The Hall–Kier alpha value is -2.14. The number of hydrogen-bond donors (Lipinski definition) is 1. The van der Waals surface area contributed by atoms with Crippen LogP contribution in [0.25, 0.3) is 0 Å². The van der Waals surface area contributed by atoms with E-state index in [1.54, 1.807) is 6.21 Å². The number of nitrogens with one attached hydrogen (secondary N) is 1. The van der Waals surface area contributed by atoms with Crippen LogP contribution >= 0.6 is 15.9 Å². The van der Waals surface area contributed by atoms with Gasteiger partial charge in [-0.05, 0) is 54.8 Å². The van der Waals surface area contributed by atoms with Crippen LogP contribution in [0.15, 0.2) is 52.0 Å². The largest absolute Gasteiger partial charge is 0.484 e. The van der Waals surface area contributed by atoms with E-state index in [2.05, 4.69) is 32.5 Å². The van der Waals surface area contributed by atoms with Crippen molar-refractivity contribution in [3.05, 3.63) is 63.6 Å². The summed E-state index contributed by atoms with van der Waals surface area (Å²) in [6, 6.07) is 13.4. The van der Waals surface area contributed by atoms with Crippen molar-refractivity contribution in [2.75, 3.05) is 6.61 Å². The van der Waals surface area contributed by atoms with Gasteiger partial charge in [0, 0.05) is 4.47 Å². The predicted molar refractivity (Wildman–Crippen MR) is 91.3 cm³/mol. The summed E-state index contributed by atoms with van der Waals surface area (Å²) >= 11 is 3.36. The molecule has 5 heteroatoms. The van der Waals surface area contributed by atoms with E-state index in [0.29, 0.717) is 5.75 Å². The second-order valence-electron chi connectivity index (χ2n) is 4.96. The number of ether oxygens (including phenoxy) is 1. The van der Waals surface area contributed by atoms with E-state index < -0.39 is 0 Å². The number of nitrogens with zero attached hydrogens (tertiary/aromatic N) is 1. The van der Waals surface area contributed by atoms with Crippen molar-refractivity contribution in [1.82, 2.24) is 5.43 Å². The maximum absolute atomic E-state index is 11.7. The molecule has 2 aromatic rings. The topological polar surface area (TPSA) is 50.7 Å². The van der Waals surface area contributed by atoms with E-state index in [4.69, 9.17) is 4.74 Å². The van der Waals surface area contributed by atoms with E-state index in [0.717, 1.165) is 21.2 Å². The lowest BCUT2D eigenvalue weighted by atomic mass is 10.1. The monoisotopic (exact) mass is 360 g/mol. The van der Waals surface area contributed by atoms with Crippen molar-refractivity contribution in [2.45, 2.75) is 13.8 Å². The third kappa shape index (κ3) is 5.33. The third-order valence-electron chi connectivity index (χ3n) is 2.84. The standard InChI is InChI=1S/C17H17BrN2O2/c1-12-7-13(2)9-16(8-12)22-11-17(21)20-19-10-14-3-5-15(18)6-4-14/h3-10H,11H2,1-2H3,(H,20,21)/b19-10-. The van der Waals surface area contributed by atoms with E-state index >= 15 is 0 Å². The highest BCUT2D eigenvalue weighted by atomic mass is 79.9. The van der Waals surface area contributed by atoms with E-state index in [9.17, 15) is 4.79 Å². The summed E-state index contributed by atoms with van der Waals surface area (Å²) < 4.78 is 6.45. The van der Waals surface area contributed by atoms with Gasteiger partial charge in [-0.25, -0.2) is 5.43 Å². The van der Waals surface area contributed by atoms with Gasteiger partial charge in [0.05, 0.1) is 6.21 Å². The minimum atomic E-state index is -0.299. The van der Waals surface area contributed by atoms with Crippen molar-refractivity contribution < 1.29 is 9.53 Å². The molecule has 0 aliphatic carbocycles. The molecule has 0 saturated carbocycles. The van der Waals surface area contributed by atoms with Gasteiger partial charge in [-0.3, -0.25) is 4.79 Å². The van der Waals surface area contributed by atoms with Crippen LogP contribution in [0, 0.1) is 13.8 Å². The average molecular weight is 361 g/mol. The first-order chi connectivity index (χ1) is 10.5. The zero-order valence-electron chi connectivity index (χ0n) is 12.5. The van der Waals surface area contributed by atoms with Gasteiger partial charge in [-0.15, -0.1) is 0 Å². The number of aryl methyl sites for hydroxylation is 2. The van der Waals surface area contributed by atoms with Crippen LogP contribution in [0.2, 0.25) is 0 Å². The van der Waals surface area contributed by atoms with Crippen molar-refractivity contribution in [1.29, 1.82) is 0 Å². The number of halogens is 1. The Balaban J connectivity index is 1.81. The second-order valence-corrected chi connectivity index (χ2v) is 5.87. The number of amides is 1. The fourth-order valence-corrected chi connectivity index (χ4v) is 2.19. The summed E-state index contributed by atoms with van der Waals surface area (Å²) in [7, 11) is 0. The molecule has 0 aromatic heterocycles. The first kappa shape index (κ1) is 16.2. The lowest BCUT2D eigenvalue weighted by Gasteiger charge is -2.07. The average Bonchev–Trinajstić information content (AvgIpc) is 2.46. The zero-order valence-corrected chi connectivity index (χ0v) is 14.1. The summed E-state index contributed by atoms with van der Waals surface area (Å²) in [5, 5.41) is 3.90. The molecule has 4 nitrogen and oxygen atoms in total. The van der Waals surface area contributed by atoms with Crippen molar-refractivity contribution in [3.8, 4) is 5.75 Å². The summed E-state index contributed by atoms with van der Waals surface area (Å²) in [4.78, 5) is 11.7. The van der Waals surface area contributed by atoms with Gasteiger partial charge in [0.25, 0.3) is 5.91 Å². The molecule has 0 spiro atoms. The molecule has 2 aromatic carbocycles. The van der Waals surface area contributed by atoms with Gasteiger partial charge < -0.3 is 4.74 Å². The number of carbonyl (C=O) groups excluding carboxylic acids is 1. The highest BCUT2D eigenvalue weighted by Gasteiger charge is 2.02. The molecule has 0 atom stereocenters. The van der Waals surface area contributed by atoms with E-state index in [1.165, 1.54) is 0 Å². The lowest BCUT2D eigenvalue weighted by molar-refractivity contribution is -0.123. The van der Waals surface area contributed by atoms with Crippen LogP contribution in [0.1, 0.15) is 16.7 Å². The van der Waals surface area contributed by atoms with Gasteiger partial charge in [-0.1, -0.05) is 34.1 Å². The molecule has 0 saturated heterocycles. The van der Waals surface area contributed by atoms with Crippen LogP contribution in [0.4, 0.5) is 0 Å². The normalized spacial score (nSPS) is 10.7. The van der Waals surface area contributed by atoms with Crippen molar-refractivity contribution >= 4 is 28.1 Å². The van der Waals surface area contributed by atoms with E-state index in [1.807, 2.05) is 50.2 Å². The van der Waals surface area contributed by atoms with Crippen LogP contribution in [0.3, 0.4) is 0 Å². The van der Waals surface area contributed by atoms with Crippen LogP contribution in [0.5, 0.6) is 5.75 Å². The maximum Gasteiger partial charge on any atom is 0.277 e. The van der Waals surface area contributed by atoms with Crippen molar-refractivity contribution in [2.24, 2.45) is 5.10 Å². The molecular weight excluding hydrogens is 344 g/mol. The summed E-state index contributed by atoms with van der Waals surface area (Å²) in [5.41, 5.74) is 5.54. The fraction of sp³-hybridized carbons (Fsp3) is 0.176. The molecule has 0 bridgehead atoms. The molecule has 22 heavy (non-hydrogen) atoms. The Labute approximate surface area is 138 Å². The summed E-state index contributed by atoms with van der Waals surface area (Å²) in [6.45, 7) is 3.91. The number of hydrogen-bond acceptors (Lipinski definition) is 3. The Bertz CT molecular complexity index is 661. The molecule has 0 aliphatic heterocycles. The number of carbonyl (C=O) groups is 1. The molecular formula is C17H17BrN2O2. The second kappa shape index (κ2) is 7.75. The first-order valence-electron chi connectivity index (χ1n) is 6.81. The molecule has 2 rings (SSSR count). The van der Waals surface area contributed by atoms with Gasteiger partial charge in [-0.2, -0.15) is 5.10 Å². The van der Waals surface area contributed by atoms with Gasteiger partial charge in [0.2, 0.25) is 0 Å². The molecule has 0 radical (unpaired) electrons. The van der Waals surface area contributed by atoms with E-state index in [-0.39, 0.29) is 12.5 Å². The Morgan fingerprint density at radius 3 is 2.45 bits per heavy atom. The van der Waals surface area contributed by atoms with Gasteiger partial charge in [0.1, 0.15) is 5.75 Å². The highest BCUT2D eigenvalue weighted by Crippen LogP contribution is 2.15. The zero-order chi connectivity index (χ0) is 15.9. The molecule has 0 fully saturated rings.